The Morgan fingerprint density at radius 2 is 1.27 bits per heavy atom. The highest BCUT2D eigenvalue weighted by Gasteiger charge is 2.23. The first kappa shape index (κ1) is 11.8. The van der Waals surface area contributed by atoms with Crippen LogP contribution >= 0.6 is 0 Å². The highest BCUT2D eigenvalue weighted by molar-refractivity contribution is 6.00. The molecule has 0 N–H and O–H groups in total. The number of carbonyl (C=O) groups is 2. The molecule has 0 aromatic rings. The molecule has 0 aliphatic heterocycles. The molecule has 0 unspecified atom stereocenters. The molecule has 0 atom stereocenters. The highest BCUT2D eigenvalue weighted by atomic mass is 16.5. The first-order valence-corrected chi connectivity index (χ1v) is 5.09. The molecular formula is C11H16O4. The summed E-state index contributed by atoms with van der Waals surface area (Å²) >= 11 is 0. The summed E-state index contributed by atoms with van der Waals surface area (Å²) in [6.45, 7) is 0. The van der Waals surface area contributed by atoms with Crippen molar-refractivity contribution >= 4 is 11.9 Å². The average molecular weight is 212 g/mol. The zero-order valence-electron chi connectivity index (χ0n) is 9.17. The fourth-order valence-electron chi connectivity index (χ4n) is 1.78. The number of hydrogen-bond acceptors (Lipinski definition) is 4. The van der Waals surface area contributed by atoms with E-state index in [2.05, 4.69) is 9.47 Å². The van der Waals surface area contributed by atoms with Crippen molar-refractivity contribution in [1.29, 1.82) is 0 Å². The van der Waals surface area contributed by atoms with E-state index in [9.17, 15) is 9.59 Å². The summed E-state index contributed by atoms with van der Waals surface area (Å²) in [6.07, 6.45) is 4.09. The Hall–Kier alpha value is -1.32. The Morgan fingerprint density at radius 3 is 1.60 bits per heavy atom. The van der Waals surface area contributed by atoms with Crippen molar-refractivity contribution in [2.24, 2.45) is 0 Å². The van der Waals surface area contributed by atoms with Gasteiger partial charge in [0.2, 0.25) is 0 Å². The number of ether oxygens (including phenoxy) is 2. The SMILES string of the molecule is COC(=O)C1=C(C(=O)OC)CCCCC1. The second kappa shape index (κ2) is 5.53. The van der Waals surface area contributed by atoms with Crippen LogP contribution in [0.4, 0.5) is 0 Å². The van der Waals surface area contributed by atoms with Gasteiger partial charge in [0, 0.05) is 11.1 Å². The number of carbonyl (C=O) groups excluding carboxylic acids is 2. The molecule has 4 heteroatoms. The van der Waals surface area contributed by atoms with Crippen LogP contribution in [-0.4, -0.2) is 26.2 Å². The summed E-state index contributed by atoms with van der Waals surface area (Å²) in [7, 11) is 2.66. The molecule has 0 aromatic heterocycles. The Kier molecular flexibility index (Phi) is 4.34. The predicted octanol–water partition coefficient (Wildman–Crippen LogP) is 1.59. The normalized spacial score (nSPS) is 16.9. The van der Waals surface area contributed by atoms with Crippen LogP contribution in [0.3, 0.4) is 0 Å². The summed E-state index contributed by atoms with van der Waals surface area (Å²) in [5.41, 5.74) is 0.976. The molecule has 0 aromatic carbocycles. The summed E-state index contributed by atoms with van der Waals surface area (Å²) < 4.78 is 9.33. The van der Waals surface area contributed by atoms with E-state index in [1.54, 1.807) is 0 Å². The summed E-state index contributed by atoms with van der Waals surface area (Å²) in [4.78, 5) is 22.9. The van der Waals surface area contributed by atoms with Gasteiger partial charge in [-0.2, -0.15) is 0 Å². The third kappa shape index (κ3) is 2.81. The second-order valence-electron chi connectivity index (χ2n) is 3.50. The number of hydrogen-bond donors (Lipinski definition) is 0. The van der Waals surface area contributed by atoms with Crippen LogP contribution in [0.5, 0.6) is 0 Å². The topological polar surface area (TPSA) is 52.6 Å². The molecule has 0 saturated carbocycles. The van der Waals surface area contributed by atoms with Crippen LogP contribution in [-0.2, 0) is 19.1 Å². The molecule has 0 heterocycles. The molecule has 1 rings (SSSR count). The number of methoxy groups -OCH3 is 2. The van der Waals surface area contributed by atoms with Crippen LogP contribution in [0.15, 0.2) is 11.1 Å². The van der Waals surface area contributed by atoms with Gasteiger partial charge in [0.15, 0.2) is 0 Å². The van der Waals surface area contributed by atoms with E-state index in [1.807, 2.05) is 0 Å². The van der Waals surface area contributed by atoms with Crippen molar-refractivity contribution in [2.45, 2.75) is 32.1 Å². The Labute approximate surface area is 89.2 Å². The van der Waals surface area contributed by atoms with E-state index in [1.165, 1.54) is 14.2 Å². The van der Waals surface area contributed by atoms with Gasteiger partial charge in [-0.25, -0.2) is 9.59 Å². The summed E-state index contributed by atoms with van der Waals surface area (Å²) in [5.74, 6) is -0.811. The monoisotopic (exact) mass is 212 g/mol. The molecule has 1 aliphatic rings. The lowest BCUT2D eigenvalue weighted by Crippen LogP contribution is -2.13. The number of esters is 2. The van der Waals surface area contributed by atoms with Gasteiger partial charge in [-0.1, -0.05) is 6.42 Å². The minimum absolute atomic E-state index is 0.405. The van der Waals surface area contributed by atoms with E-state index in [4.69, 9.17) is 0 Å². The Balaban J connectivity index is 2.99. The second-order valence-corrected chi connectivity index (χ2v) is 3.50. The molecule has 15 heavy (non-hydrogen) atoms. The maximum atomic E-state index is 11.5. The van der Waals surface area contributed by atoms with Gasteiger partial charge in [-0.15, -0.1) is 0 Å². The van der Waals surface area contributed by atoms with Crippen molar-refractivity contribution in [1.82, 2.24) is 0 Å². The standard InChI is InChI=1S/C11H16O4/c1-14-10(12)8-6-4-3-5-7-9(8)11(13)15-2/h3-7H2,1-2H3. The highest BCUT2D eigenvalue weighted by Crippen LogP contribution is 2.25. The summed E-state index contributed by atoms with van der Waals surface area (Å²) in [6, 6.07) is 0. The van der Waals surface area contributed by atoms with Gasteiger partial charge in [0.05, 0.1) is 14.2 Å². The van der Waals surface area contributed by atoms with Gasteiger partial charge >= 0.3 is 11.9 Å². The van der Waals surface area contributed by atoms with Crippen LogP contribution in [0.2, 0.25) is 0 Å². The minimum atomic E-state index is -0.405. The van der Waals surface area contributed by atoms with Crippen molar-refractivity contribution < 1.29 is 19.1 Å². The van der Waals surface area contributed by atoms with E-state index >= 15 is 0 Å². The molecule has 1 aliphatic carbocycles. The van der Waals surface area contributed by atoms with Gasteiger partial charge < -0.3 is 9.47 Å². The van der Waals surface area contributed by atoms with Gasteiger partial charge in [0.25, 0.3) is 0 Å². The first-order chi connectivity index (χ1) is 7.20. The fourth-order valence-corrected chi connectivity index (χ4v) is 1.78. The van der Waals surface area contributed by atoms with E-state index in [0.717, 1.165) is 19.3 Å². The van der Waals surface area contributed by atoms with Crippen molar-refractivity contribution in [3.05, 3.63) is 11.1 Å². The predicted molar refractivity (Wildman–Crippen MR) is 54.1 cm³/mol. The molecule has 0 fully saturated rings. The molecule has 0 saturated heterocycles. The smallest absolute Gasteiger partial charge is 0.334 e. The Bertz CT molecular complexity index is 263. The molecule has 84 valence electrons. The molecule has 0 spiro atoms. The third-order valence-corrected chi connectivity index (χ3v) is 2.58. The van der Waals surface area contributed by atoms with Crippen molar-refractivity contribution in [3.8, 4) is 0 Å². The van der Waals surface area contributed by atoms with Gasteiger partial charge in [-0.05, 0) is 25.7 Å². The lowest BCUT2D eigenvalue weighted by atomic mass is 10.0. The molecule has 0 amide bonds. The summed E-state index contributed by atoms with van der Waals surface area (Å²) in [5, 5.41) is 0. The quantitative estimate of drug-likeness (QED) is 0.652. The van der Waals surface area contributed by atoms with Crippen LogP contribution in [0, 0.1) is 0 Å². The van der Waals surface area contributed by atoms with E-state index in [0.29, 0.717) is 24.0 Å². The lowest BCUT2D eigenvalue weighted by molar-refractivity contribution is -0.139. The van der Waals surface area contributed by atoms with Crippen LogP contribution in [0.25, 0.3) is 0 Å². The van der Waals surface area contributed by atoms with Crippen LogP contribution in [0.1, 0.15) is 32.1 Å². The molecular weight excluding hydrogens is 196 g/mol. The number of rotatable bonds is 2. The maximum absolute atomic E-state index is 11.5. The van der Waals surface area contributed by atoms with Crippen molar-refractivity contribution in [2.75, 3.05) is 14.2 Å². The average Bonchev–Trinajstić information content (AvgIpc) is 2.52. The maximum Gasteiger partial charge on any atom is 0.334 e. The van der Waals surface area contributed by atoms with Gasteiger partial charge in [0.1, 0.15) is 0 Å². The van der Waals surface area contributed by atoms with E-state index in [-0.39, 0.29) is 0 Å². The molecule has 4 nitrogen and oxygen atoms in total. The van der Waals surface area contributed by atoms with E-state index < -0.39 is 11.9 Å². The first-order valence-electron chi connectivity index (χ1n) is 5.09. The zero-order valence-corrected chi connectivity index (χ0v) is 9.17. The molecule has 0 bridgehead atoms. The van der Waals surface area contributed by atoms with Crippen LogP contribution < -0.4 is 0 Å². The lowest BCUT2D eigenvalue weighted by Gasteiger charge is -2.08. The molecule has 0 radical (unpaired) electrons. The fraction of sp³-hybridized carbons (Fsp3) is 0.636. The van der Waals surface area contributed by atoms with Gasteiger partial charge in [-0.3, -0.25) is 0 Å². The zero-order chi connectivity index (χ0) is 11.3. The largest absolute Gasteiger partial charge is 0.466 e. The Morgan fingerprint density at radius 1 is 0.867 bits per heavy atom. The minimum Gasteiger partial charge on any atom is -0.466 e. The van der Waals surface area contributed by atoms with Crippen molar-refractivity contribution in [3.63, 3.8) is 0 Å². The third-order valence-electron chi connectivity index (χ3n) is 2.58.